The summed E-state index contributed by atoms with van der Waals surface area (Å²) in [6, 6.07) is 7.52. The van der Waals surface area contributed by atoms with Crippen molar-refractivity contribution in [2.75, 3.05) is 11.5 Å². The molecule has 1 amide bonds. The molecule has 0 bridgehead atoms. The Labute approximate surface area is 220 Å². The summed E-state index contributed by atoms with van der Waals surface area (Å²) in [6.45, 7) is 8.16. The van der Waals surface area contributed by atoms with Gasteiger partial charge < -0.3 is 4.74 Å². The third-order valence-electron chi connectivity index (χ3n) is 6.84. The molecule has 1 saturated carbocycles. The summed E-state index contributed by atoms with van der Waals surface area (Å²) in [5.74, 6) is 0.478. The highest BCUT2D eigenvalue weighted by Gasteiger charge is 2.34. The van der Waals surface area contributed by atoms with Crippen LogP contribution in [-0.2, 0) is 9.53 Å². The van der Waals surface area contributed by atoms with Gasteiger partial charge in [0, 0.05) is 36.6 Å². The number of rotatable bonds is 7. The predicted octanol–water partition coefficient (Wildman–Crippen LogP) is 5.39. The molecule has 37 heavy (non-hydrogen) atoms. The zero-order chi connectivity index (χ0) is 26.1. The summed E-state index contributed by atoms with van der Waals surface area (Å²) in [5, 5.41) is 10.2. The van der Waals surface area contributed by atoms with E-state index in [-0.39, 0.29) is 24.5 Å². The van der Waals surface area contributed by atoms with Gasteiger partial charge in [0.25, 0.3) is 0 Å². The first-order valence-electron chi connectivity index (χ1n) is 12.9. The van der Waals surface area contributed by atoms with E-state index in [0.717, 1.165) is 46.9 Å². The molecule has 0 aromatic carbocycles. The van der Waals surface area contributed by atoms with Gasteiger partial charge in [-0.25, -0.2) is 19.0 Å². The van der Waals surface area contributed by atoms with Crippen LogP contribution >= 0.6 is 11.3 Å². The van der Waals surface area contributed by atoms with Crippen molar-refractivity contribution in [1.29, 1.82) is 0 Å². The number of aromatic nitrogens is 5. The monoisotopic (exact) mass is 520 g/mol. The summed E-state index contributed by atoms with van der Waals surface area (Å²) >= 11 is 1.50. The minimum atomic E-state index is -0.484. The first-order chi connectivity index (χ1) is 17.9. The molecule has 0 saturated heterocycles. The van der Waals surface area contributed by atoms with E-state index in [1.807, 2.05) is 44.3 Å². The fourth-order valence-electron chi connectivity index (χ4n) is 4.85. The molecular weight excluding hydrogens is 488 g/mol. The number of carbonyl (C=O) groups is 2. The van der Waals surface area contributed by atoms with E-state index in [4.69, 9.17) is 9.84 Å². The second kappa shape index (κ2) is 10.5. The Kier molecular flexibility index (Phi) is 7.10. The van der Waals surface area contributed by atoms with Crippen molar-refractivity contribution in [1.82, 2.24) is 24.4 Å². The first kappa shape index (κ1) is 25.1. The summed E-state index contributed by atoms with van der Waals surface area (Å²) < 4.78 is 8.74. The van der Waals surface area contributed by atoms with Crippen LogP contribution < -0.4 is 4.90 Å². The van der Waals surface area contributed by atoms with Gasteiger partial charge in [0.2, 0.25) is 5.91 Å². The number of hydrogen-bond donors (Lipinski definition) is 0. The Balaban J connectivity index is 1.51. The highest BCUT2D eigenvalue weighted by atomic mass is 32.1. The fourth-order valence-corrected chi connectivity index (χ4v) is 5.74. The van der Waals surface area contributed by atoms with Crippen molar-refractivity contribution >= 4 is 34.7 Å². The lowest BCUT2D eigenvalue weighted by molar-refractivity contribution is -0.124. The van der Waals surface area contributed by atoms with Crippen molar-refractivity contribution < 1.29 is 14.3 Å². The van der Waals surface area contributed by atoms with Crippen molar-refractivity contribution in [3.8, 4) is 15.6 Å². The maximum Gasteiger partial charge on any atom is 0.343 e. The quantitative estimate of drug-likeness (QED) is 0.303. The number of esters is 1. The number of ether oxygens (including phenoxy) is 1. The van der Waals surface area contributed by atoms with E-state index < -0.39 is 5.97 Å². The number of thiophene rings is 1. The topological polar surface area (TPSA) is 94.6 Å². The molecule has 1 aliphatic rings. The molecule has 0 aliphatic heterocycles. The third kappa shape index (κ3) is 5.02. The number of carbonyl (C=O) groups excluding carboxylic acids is 2. The smallest absolute Gasteiger partial charge is 0.343 e. The molecule has 9 nitrogen and oxygen atoms in total. The van der Waals surface area contributed by atoms with Crippen LogP contribution in [0.5, 0.6) is 0 Å². The molecule has 0 N–H and O–H groups in total. The van der Waals surface area contributed by atoms with Gasteiger partial charge in [-0.3, -0.25) is 9.69 Å². The van der Waals surface area contributed by atoms with Gasteiger partial charge in [-0.1, -0.05) is 6.92 Å². The molecule has 10 heteroatoms. The number of nitrogens with zero attached hydrogens (tertiary/aromatic N) is 6. The Bertz CT molecular complexity index is 1380. The maximum atomic E-state index is 13.7. The summed E-state index contributed by atoms with van der Waals surface area (Å²) in [7, 11) is 0. The van der Waals surface area contributed by atoms with Crippen LogP contribution in [0.3, 0.4) is 0 Å². The van der Waals surface area contributed by atoms with Crippen molar-refractivity contribution in [3.63, 3.8) is 0 Å². The van der Waals surface area contributed by atoms with Crippen molar-refractivity contribution in [3.05, 3.63) is 48.4 Å². The Morgan fingerprint density at radius 1 is 1.19 bits per heavy atom. The molecule has 5 rings (SSSR count). The van der Waals surface area contributed by atoms with Gasteiger partial charge in [0.15, 0.2) is 11.5 Å². The molecule has 0 unspecified atom stereocenters. The summed E-state index contributed by atoms with van der Waals surface area (Å²) in [4.78, 5) is 33.7. The van der Waals surface area contributed by atoms with Crippen LogP contribution in [0.15, 0.2) is 42.9 Å². The van der Waals surface area contributed by atoms with Crippen LogP contribution in [0.4, 0.5) is 5.82 Å². The van der Waals surface area contributed by atoms with E-state index in [1.54, 1.807) is 33.4 Å². The normalized spacial score (nSPS) is 17.9. The van der Waals surface area contributed by atoms with E-state index in [2.05, 4.69) is 17.0 Å². The van der Waals surface area contributed by atoms with Gasteiger partial charge in [-0.15, -0.1) is 16.4 Å². The summed E-state index contributed by atoms with van der Waals surface area (Å²) in [6.07, 6.45) is 9.06. The fraction of sp³-hybridized carbons (Fsp3) is 0.444. The first-order valence-corrected chi connectivity index (χ1v) is 13.7. The number of fused-ring (bicyclic) bond motifs is 1. The molecule has 1 aliphatic carbocycles. The van der Waals surface area contributed by atoms with Crippen LogP contribution in [0.25, 0.3) is 21.2 Å². The molecular formula is C27H32N6O3S. The third-order valence-corrected chi connectivity index (χ3v) is 7.94. The summed E-state index contributed by atoms with van der Waals surface area (Å²) in [5.41, 5.74) is 1.86. The van der Waals surface area contributed by atoms with E-state index in [0.29, 0.717) is 17.3 Å². The molecule has 4 aromatic rings. The molecule has 4 heterocycles. The highest BCUT2D eigenvalue weighted by molar-refractivity contribution is 7.17. The van der Waals surface area contributed by atoms with E-state index >= 15 is 0 Å². The van der Waals surface area contributed by atoms with Gasteiger partial charge in [-0.05, 0) is 70.6 Å². The van der Waals surface area contributed by atoms with Gasteiger partial charge >= 0.3 is 5.97 Å². The largest absolute Gasteiger partial charge is 0.462 e. The standard InChI is InChI=1S/C27H32N6O3S/c1-5-36-27(35)20-16-32(24-12-11-22(37-24)21-15-23-28-13-6-14-31(23)29-21)30-25(20)33(17(2)3)26(34)19-9-7-18(4)8-10-19/h6,11-19H,5,7-10H2,1-4H3. The van der Waals surface area contributed by atoms with E-state index in [1.165, 1.54) is 11.3 Å². The Morgan fingerprint density at radius 3 is 2.68 bits per heavy atom. The lowest BCUT2D eigenvalue weighted by Crippen LogP contribution is -2.43. The van der Waals surface area contributed by atoms with Crippen molar-refractivity contribution in [2.24, 2.45) is 11.8 Å². The average Bonchev–Trinajstić information content (AvgIpc) is 3.62. The van der Waals surface area contributed by atoms with Crippen molar-refractivity contribution in [2.45, 2.75) is 59.4 Å². The average molecular weight is 521 g/mol. The Hall–Kier alpha value is -3.53. The van der Waals surface area contributed by atoms with Crippen LogP contribution in [0.2, 0.25) is 0 Å². The minimum absolute atomic E-state index is 0.0294. The molecule has 0 spiro atoms. The lowest BCUT2D eigenvalue weighted by Gasteiger charge is -2.32. The van der Waals surface area contributed by atoms with Gasteiger partial charge in [-0.2, -0.15) is 5.10 Å². The lowest BCUT2D eigenvalue weighted by atomic mass is 9.82. The number of anilines is 1. The zero-order valence-corrected chi connectivity index (χ0v) is 22.4. The second-order valence-corrected chi connectivity index (χ2v) is 10.9. The highest BCUT2D eigenvalue weighted by Crippen LogP contribution is 2.34. The molecule has 0 radical (unpaired) electrons. The van der Waals surface area contributed by atoms with Crippen LogP contribution in [0.1, 0.15) is 63.7 Å². The SMILES string of the molecule is CCOC(=O)c1cn(-c2ccc(-c3cc4ncccn4n3)s2)nc1N(C(=O)C1CCC(C)CC1)C(C)C. The Morgan fingerprint density at radius 2 is 1.97 bits per heavy atom. The van der Waals surface area contributed by atoms with Crippen LogP contribution in [-0.4, -0.2) is 48.9 Å². The van der Waals surface area contributed by atoms with Gasteiger partial charge in [0.05, 0.1) is 11.5 Å². The number of amides is 1. The molecule has 0 atom stereocenters. The zero-order valence-electron chi connectivity index (χ0n) is 21.6. The second-order valence-electron chi connectivity index (χ2n) is 9.88. The molecule has 1 fully saturated rings. The maximum absolute atomic E-state index is 13.7. The van der Waals surface area contributed by atoms with E-state index in [9.17, 15) is 9.59 Å². The van der Waals surface area contributed by atoms with Gasteiger partial charge in [0.1, 0.15) is 16.3 Å². The minimum Gasteiger partial charge on any atom is -0.462 e. The molecule has 194 valence electrons. The number of hydrogen-bond acceptors (Lipinski definition) is 7. The predicted molar refractivity (Wildman–Crippen MR) is 143 cm³/mol. The van der Waals surface area contributed by atoms with Crippen LogP contribution in [0, 0.1) is 11.8 Å². The molecule has 4 aromatic heterocycles.